The van der Waals surface area contributed by atoms with Gasteiger partial charge in [0, 0.05) is 17.2 Å². The summed E-state index contributed by atoms with van der Waals surface area (Å²) in [4.78, 5) is 11.8. The van der Waals surface area contributed by atoms with Gasteiger partial charge in [0.25, 0.3) is 10.0 Å². The number of nitrogens with zero attached hydrogens (tertiary/aromatic N) is 3. The van der Waals surface area contributed by atoms with Crippen molar-refractivity contribution in [2.75, 3.05) is 0 Å². The zero-order valence-electron chi connectivity index (χ0n) is 12.2. The first-order chi connectivity index (χ1) is 10.8. The molecule has 1 heterocycles. The third-order valence-corrected chi connectivity index (χ3v) is 4.73. The summed E-state index contributed by atoms with van der Waals surface area (Å²) in [5.41, 5.74) is 0.653. The van der Waals surface area contributed by atoms with Crippen LogP contribution in [-0.4, -0.2) is 24.1 Å². The molecule has 0 aliphatic heterocycles. The second-order valence-corrected chi connectivity index (χ2v) is 7.25. The maximum Gasteiger partial charge on any atom is 0.264 e. The number of sulfonamides is 1. The number of amides is 1. The van der Waals surface area contributed by atoms with Gasteiger partial charge < -0.3 is 0 Å². The monoisotopic (exact) mass is 396 g/mol. The first-order valence-corrected chi connectivity index (χ1v) is 8.90. The molecule has 0 spiro atoms. The lowest BCUT2D eigenvalue weighted by molar-refractivity contribution is -0.118. The maximum absolute atomic E-state index is 12.2. The predicted octanol–water partition coefficient (Wildman–Crippen LogP) is 1.58. The summed E-state index contributed by atoms with van der Waals surface area (Å²) in [7, 11) is -4.05. The summed E-state index contributed by atoms with van der Waals surface area (Å²) >= 11 is 3.14. The van der Waals surface area contributed by atoms with Gasteiger partial charge in [0.1, 0.15) is 0 Å². The Morgan fingerprint density at radius 2 is 2.17 bits per heavy atom. The smallest absolute Gasteiger partial charge is 0.264 e. The average molecular weight is 397 g/mol. The molecule has 1 N–H and O–H groups in total. The number of hydrogen-bond acceptors (Lipinski definition) is 5. The Morgan fingerprint density at radius 3 is 2.78 bits per heavy atom. The quantitative estimate of drug-likeness (QED) is 0.825. The molecule has 120 valence electrons. The molecule has 1 aromatic heterocycles. The van der Waals surface area contributed by atoms with Gasteiger partial charge in [-0.15, -0.1) is 0 Å². The number of nitriles is 1. The number of rotatable bonds is 5. The Kier molecular flexibility index (Phi) is 5.18. The number of carbonyl (C=O) groups excluding carboxylic acids is 1. The van der Waals surface area contributed by atoms with Crippen molar-refractivity contribution < 1.29 is 13.2 Å². The van der Waals surface area contributed by atoms with Gasteiger partial charge in [0.2, 0.25) is 5.91 Å². The van der Waals surface area contributed by atoms with Crippen LogP contribution >= 0.6 is 15.9 Å². The molecule has 23 heavy (non-hydrogen) atoms. The number of halogens is 1. The lowest BCUT2D eigenvalue weighted by Gasteiger charge is -2.07. The van der Waals surface area contributed by atoms with Crippen molar-refractivity contribution in [1.29, 1.82) is 5.26 Å². The minimum atomic E-state index is -4.05. The molecule has 0 unspecified atom stereocenters. The van der Waals surface area contributed by atoms with E-state index in [1.54, 1.807) is 16.9 Å². The average Bonchev–Trinajstić information content (AvgIpc) is 2.93. The van der Waals surface area contributed by atoms with Crippen LogP contribution in [0.1, 0.15) is 18.2 Å². The summed E-state index contributed by atoms with van der Waals surface area (Å²) in [5, 5.41) is 13.0. The molecule has 2 aromatic rings. The van der Waals surface area contributed by atoms with Crippen LogP contribution in [0.15, 0.2) is 39.8 Å². The van der Waals surface area contributed by atoms with Crippen LogP contribution in [0.25, 0.3) is 0 Å². The molecular weight excluding hydrogens is 384 g/mol. The molecule has 0 radical (unpaired) electrons. The topological polar surface area (TPSA) is 105 Å². The third-order valence-electron chi connectivity index (χ3n) is 2.92. The fourth-order valence-electron chi connectivity index (χ4n) is 1.87. The highest BCUT2D eigenvalue weighted by molar-refractivity contribution is 9.10. The summed E-state index contributed by atoms with van der Waals surface area (Å²) in [6.07, 6.45) is 1.57. The standard InChI is InChI=1S/C14H13BrN4O3S/c1-2-19-4-3-12(17-19)8-14(20)18-23(21,22)13-6-10(9-16)5-11(15)7-13/h3-7H,2,8H2,1H3,(H,18,20). The predicted molar refractivity (Wildman–Crippen MR) is 85.8 cm³/mol. The molecule has 0 saturated carbocycles. The molecule has 0 atom stereocenters. The van der Waals surface area contributed by atoms with E-state index in [0.717, 1.165) is 0 Å². The molecule has 1 aromatic carbocycles. The largest absolute Gasteiger partial charge is 0.274 e. The molecule has 2 rings (SSSR count). The van der Waals surface area contributed by atoms with Gasteiger partial charge in [0.05, 0.1) is 28.6 Å². The number of hydrogen-bond donors (Lipinski definition) is 1. The van der Waals surface area contributed by atoms with Crippen molar-refractivity contribution in [1.82, 2.24) is 14.5 Å². The maximum atomic E-state index is 12.2. The van der Waals surface area contributed by atoms with Crippen molar-refractivity contribution in [2.24, 2.45) is 0 Å². The van der Waals surface area contributed by atoms with Crippen LogP contribution in [0.2, 0.25) is 0 Å². The van der Waals surface area contributed by atoms with Crippen LogP contribution in [-0.2, 0) is 27.8 Å². The second-order valence-electron chi connectivity index (χ2n) is 4.66. The van der Waals surface area contributed by atoms with Crippen molar-refractivity contribution in [3.63, 3.8) is 0 Å². The van der Waals surface area contributed by atoms with E-state index in [4.69, 9.17) is 5.26 Å². The summed E-state index contributed by atoms with van der Waals surface area (Å²) < 4.78 is 28.5. The van der Waals surface area contributed by atoms with Gasteiger partial charge in [-0.3, -0.25) is 9.48 Å². The molecular formula is C14H13BrN4O3S. The Balaban J connectivity index is 2.16. The van der Waals surface area contributed by atoms with Crippen molar-refractivity contribution in [2.45, 2.75) is 24.8 Å². The lowest BCUT2D eigenvalue weighted by Crippen LogP contribution is -2.32. The number of aryl methyl sites for hydroxylation is 1. The first kappa shape index (κ1) is 17.2. The van der Waals surface area contributed by atoms with Gasteiger partial charge in [-0.1, -0.05) is 15.9 Å². The van der Waals surface area contributed by atoms with E-state index in [1.165, 1.54) is 18.2 Å². The van der Waals surface area contributed by atoms with Crippen LogP contribution in [0.4, 0.5) is 0 Å². The SMILES string of the molecule is CCn1ccc(CC(=O)NS(=O)(=O)c2cc(Br)cc(C#N)c2)n1. The van der Waals surface area contributed by atoms with Crippen molar-refractivity contribution >= 4 is 31.9 Å². The van der Waals surface area contributed by atoms with E-state index >= 15 is 0 Å². The van der Waals surface area contributed by atoms with Gasteiger partial charge in [-0.2, -0.15) is 10.4 Å². The van der Waals surface area contributed by atoms with Gasteiger partial charge in [-0.05, 0) is 31.2 Å². The third kappa shape index (κ3) is 4.40. The molecule has 0 aliphatic rings. The summed E-state index contributed by atoms with van der Waals surface area (Å²) in [6.45, 7) is 2.57. The second kappa shape index (κ2) is 6.93. The minimum Gasteiger partial charge on any atom is -0.274 e. The number of aromatic nitrogens is 2. The van der Waals surface area contributed by atoms with E-state index in [9.17, 15) is 13.2 Å². The highest BCUT2D eigenvalue weighted by Crippen LogP contribution is 2.19. The molecule has 0 bridgehead atoms. The van der Waals surface area contributed by atoms with Crippen LogP contribution in [0.5, 0.6) is 0 Å². The van der Waals surface area contributed by atoms with Crippen LogP contribution in [0.3, 0.4) is 0 Å². The zero-order valence-corrected chi connectivity index (χ0v) is 14.6. The Morgan fingerprint density at radius 1 is 1.43 bits per heavy atom. The minimum absolute atomic E-state index is 0.147. The number of benzene rings is 1. The van der Waals surface area contributed by atoms with Gasteiger partial charge in [-0.25, -0.2) is 13.1 Å². The highest BCUT2D eigenvalue weighted by Gasteiger charge is 2.19. The van der Waals surface area contributed by atoms with E-state index in [2.05, 4.69) is 21.0 Å². The Bertz CT molecular complexity index is 884. The van der Waals surface area contributed by atoms with Crippen LogP contribution in [0, 0.1) is 11.3 Å². The fourth-order valence-corrected chi connectivity index (χ4v) is 3.56. The van der Waals surface area contributed by atoms with E-state index in [0.29, 0.717) is 16.7 Å². The number of carbonyl (C=O) groups is 1. The van der Waals surface area contributed by atoms with Crippen molar-refractivity contribution in [3.05, 3.63) is 46.2 Å². The lowest BCUT2D eigenvalue weighted by atomic mass is 10.2. The molecule has 9 heteroatoms. The van der Waals surface area contributed by atoms with Crippen molar-refractivity contribution in [3.8, 4) is 6.07 Å². The van der Waals surface area contributed by atoms with E-state index in [-0.39, 0.29) is 16.9 Å². The van der Waals surface area contributed by atoms with Crippen LogP contribution < -0.4 is 4.72 Å². The molecule has 1 amide bonds. The van der Waals surface area contributed by atoms with E-state index < -0.39 is 15.9 Å². The highest BCUT2D eigenvalue weighted by atomic mass is 79.9. The first-order valence-electron chi connectivity index (χ1n) is 6.62. The molecule has 0 fully saturated rings. The van der Waals surface area contributed by atoms with Gasteiger partial charge >= 0.3 is 0 Å². The summed E-state index contributed by atoms with van der Waals surface area (Å²) in [6, 6.07) is 7.52. The number of nitrogens with one attached hydrogen (secondary N) is 1. The molecule has 0 aliphatic carbocycles. The Hall–Kier alpha value is -2.18. The fraction of sp³-hybridized carbons (Fsp3) is 0.214. The molecule has 7 nitrogen and oxygen atoms in total. The zero-order chi connectivity index (χ0) is 17.0. The normalized spacial score (nSPS) is 11.0. The summed E-state index contributed by atoms with van der Waals surface area (Å²) in [5.74, 6) is -0.690. The molecule has 0 saturated heterocycles. The van der Waals surface area contributed by atoms with E-state index in [1.807, 2.05) is 17.7 Å². The Labute approximate surface area is 142 Å². The van der Waals surface area contributed by atoms with Gasteiger partial charge in [0.15, 0.2) is 0 Å².